The number of benzene rings is 2. The third-order valence-electron chi connectivity index (χ3n) is 3.46. The number of amides is 1. The Morgan fingerprint density at radius 3 is 2.82 bits per heavy atom. The average Bonchev–Trinajstić information content (AvgIpc) is 3.16. The number of thioether (sulfide) groups is 1. The quantitative estimate of drug-likeness (QED) is 0.474. The molecular weight excluding hydrogens is 409 g/mol. The molecule has 0 spiro atoms. The Kier molecular flexibility index (Phi) is 6.27. The van der Waals surface area contributed by atoms with Crippen molar-refractivity contribution in [3.05, 3.63) is 58.9 Å². The Morgan fingerprint density at radius 1 is 1.25 bits per heavy atom. The third-order valence-corrected chi connectivity index (χ3v) is 4.51. The fourth-order valence-electron chi connectivity index (χ4n) is 2.20. The Morgan fingerprint density at radius 2 is 2.07 bits per heavy atom. The normalized spacial score (nSPS) is 10.5. The van der Waals surface area contributed by atoms with Crippen LogP contribution in [0.25, 0.3) is 11.5 Å². The van der Waals surface area contributed by atoms with Crippen LogP contribution >= 0.6 is 23.4 Å². The van der Waals surface area contributed by atoms with Gasteiger partial charge < -0.3 is 14.5 Å². The maximum absolute atomic E-state index is 13.6. The van der Waals surface area contributed by atoms with Crippen LogP contribution in [-0.2, 0) is 9.53 Å². The van der Waals surface area contributed by atoms with E-state index >= 15 is 0 Å². The third kappa shape index (κ3) is 4.87. The topological polar surface area (TPSA) is 94.3 Å². The molecule has 2 aromatic carbocycles. The zero-order valence-corrected chi connectivity index (χ0v) is 16.0. The highest BCUT2D eigenvalue weighted by atomic mass is 35.5. The minimum absolute atomic E-state index is 0.0257. The van der Waals surface area contributed by atoms with E-state index in [1.807, 2.05) is 0 Å². The van der Waals surface area contributed by atoms with Crippen LogP contribution in [0.3, 0.4) is 0 Å². The number of nitrogens with one attached hydrogen (secondary N) is 1. The molecule has 1 amide bonds. The molecule has 28 heavy (non-hydrogen) atoms. The Bertz CT molecular complexity index is 1030. The van der Waals surface area contributed by atoms with Gasteiger partial charge in [0.15, 0.2) is 0 Å². The molecule has 1 heterocycles. The maximum Gasteiger partial charge on any atom is 0.340 e. The van der Waals surface area contributed by atoms with Crippen molar-refractivity contribution in [2.75, 3.05) is 18.2 Å². The zero-order chi connectivity index (χ0) is 20.1. The van der Waals surface area contributed by atoms with Crippen molar-refractivity contribution in [3.63, 3.8) is 0 Å². The zero-order valence-electron chi connectivity index (χ0n) is 14.4. The van der Waals surface area contributed by atoms with Crippen molar-refractivity contribution in [3.8, 4) is 11.5 Å². The van der Waals surface area contributed by atoms with Crippen molar-refractivity contribution in [2.24, 2.45) is 0 Å². The molecule has 0 bridgehead atoms. The van der Waals surface area contributed by atoms with Crippen LogP contribution in [0, 0.1) is 5.82 Å². The molecule has 0 saturated heterocycles. The predicted octanol–water partition coefficient (Wildman–Crippen LogP) is 4.05. The number of aromatic nitrogens is 2. The number of carbonyl (C=O) groups is 2. The van der Waals surface area contributed by atoms with Crippen LogP contribution < -0.4 is 5.32 Å². The summed E-state index contributed by atoms with van der Waals surface area (Å²) in [6.45, 7) is 0. The van der Waals surface area contributed by atoms with Crippen LogP contribution in [0.2, 0.25) is 5.02 Å². The van der Waals surface area contributed by atoms with Gasteiger partial charge in [0.2, 0.25) is 11.8 Å². The van der Waals surface area contributed by atoms with Gasteiger partial charge in [-0.15, -0.1) is 10.2 Å². The van der Waals surface area contributed by atoms with Gasteiger partial charge in [-0.2, -0.15) is 0 Å². The smallest absolute Gasteiger partial charge is 0.340 e. The van der Waals surface area contributed by atoms with E-state index in [0.717, 1.165) is 24.9 Å². The van der Waals surface area contributed by atoms with Crippen LogP contribution in [0.4, 0.5) is 10.1 Å². The van der Waals surface area contributed by atoms with Crippen LogP contribution in [0.15, 0.2) is 52.1 Å². The number of carbonyl (C=O) groups excluding carboxylic acids is 2. The van der Waals surface area contributed by atoms with E-state index in [9.17, 15) is 14.0 Å². The number of hydrogen-bond donors (Lipinski definition) is 1. The number of ether oxygens (including phenoxy) is 1. The summed E-state index contributed by atoms with van der Waals surface area (Å²) in [4.78, 5) is 23.6. The first-order valence-corrected chi connectivity index (χ1v) is 9.22. The van der Waals surface area contributed by atoms with Gasteiger partial charge in [0.25, 0.3) is 5.22 Å². The van der Waals surface area contributed by atoms with Crippen molar-refractivity contribution >= 4 is 40.9 Å². The van der Waals surface area contributed by atoms with E-state index in [2.05, 4.69) is 20.3 Å². The van der Waals surface area contributed by atoms with Gasteiger partial charge in [0.1, 0.15) is 5.82 Å². The first kappa shape index (κ1) is 19.8. The van der Waals surface area contributed by atoms with E-state index in [4.69, 9.17) is 16.0 Å². The lowest BCUT2D eigenvalue weighted by molar-refractivity contribution is -0.113. The second kappa shape index (κ2) is 8.85. The number of nitrogens with zero attached hydrogens (tertiary/aromatic N) is 2. The summed E-state index contributed by atoms with van der Waals surface area (Å²) in [6, 6.07) is 10.6. The standard InChI is InChI=1S/C18H13ClFN3O4S/c1-26-17(25)13-8-12(5-6-14(13)20)21-15(24)9-28-18-23-22-16(27-18)10-3-2-4-11(19)7-10/h2-8H,9H2,1H3,(H,21,24). The van der Waals surface area contributed by atoms with E-state index in [1.54, 1.807) is 24.3 Å². The molecule has 0 aliphatic heterocycles. The average molecular weight is 422 g/mol. The van der Waals surface area contributed by atoms with Gasteiger partial charge in [-0.25, -0.2) is 9.18 Å². The molecule has 0 fully saturated rings. The molecule has 3 aromatic rings. The number of rotatable bonds is 6. The molecule has 0 aliphatic carbocycles. The molecular formula is C18H13ClFN3O4S. The van der Waals surface area contributed by atoms with Crippen molar-refractivity contribution in [1.82, 2.24) is 10.2 Å². The number of methoxy groups -OCH3 is 1. The lowest BCUT2D eigenvalue weighted by Gasteiger charge is -2.07. The largest absolute Gasteiger partial charge is 0.465 e. The van der Waals surface area contributed by atoms with Crippen LogP contribution in [0.5, 0.6) is 0 Å². The summed E-state index contributed by atoms with van der Waals surface area (Å²) in [7, 11) is 1.14. The van der Waals surface area contributed by atoms with Gasteiger partial charge in [0.05, 0.1) is 18.4 Å². The van der Waals surface area contributed by atoms with Crippen molar-refractivity contribution < 1.29 is 23.1 Å². The van der Waals surface area contributed by atoms with E-state index in [-0.39, 0.29) is 28.1 Å². The SMILES string of the molecule is COC(=O)c1cc(NC(=O)CSc2nnc(-c3cccc(Cl)c3)o2)ccc1F. The summed E-state index contributed by atoms with van der Waals surface area (Å²) < 4.78 is 23.6. The summed E-state index contributed by atoms with van der Waals surface area (Å²) in [5, 5.41) is 11.1. The van der Waals surface area contributed by atoms with Gasteiger partial charge in [-0.1, -0.05) is 29.4 Å². The number of hydrogen-bond acceptors (Lipinski definition) is 7. The molecule has 10 heteroatoms. The Labute approximate surface area is 168 Å². The van der Waals surface area contributed by atoms with Gasteiger partial charge >= 0.3 is 5.97 Å². The first-order chi connectivity index (χ1) is 13.5. The molecule has 0 radical (unpaired) electrons. The molecule has 144 valence electrons. The number of esters is 1. The Balaban J connectivity index is 1.60. The fraction of sp³-hybridized carbons (Fsp3) is 0.111. The summed E-state index contributed by atoms with van der Waals surface area (Å²) >= 11 is 6.97. The predicted molar refractivity (Wildman–Crippen MR) is 102 cm³/mol. The maximum atomic E-state index is 13.6. The highest BCUT2D eigenvalue weighted by Crippen LogP contribution is 2.25. The molecule has 7 nitrogen and oxygen atoms in total. The van der Waals surface area contributed by atoms with Crippen LogP contribution in [-0.4, -0.2) is 34.9 Å². The van der Waals surface area contributed by atoms with E-state index < -0.39 is 17.7 Å². The lowest BCUT2D eigenvalue weighted by Crippen LogP contribution is -2.15. The molecule has 1 aromatic heterocycles. The van der Waals surface area contributed by atoms with Crippen LogP contribution in [0.1, 0.15) is 10.4 Å². The molecule has 1 N–H and O–H groups in total. The second-order valence-electron chi connectivity index (χ2n) is 5.41. The lowest BCUT2D eigenvalue weighted by atomic mass is 10.2. The van der Waals surface area contributed by atoms with Gasteiger partial charge in [-0.3, -0.25) is 4.79 Å². The summed E-state index contributed by atoms with van der Waals surface area (Å²) in [5.74, 6) is -1.70. The molecule has 0 aliphatic rings. The molecule has 0 atom stereocenters. The fourth-order valence-corrected chi connectivity index (χ4v) is 2.95. The van der Waals surface area contributed by atoms with E-state index in [1.165, 1.54) is 12.1 Å². The van der Waals surface area contributed by atoms with Crippen molar-refractivity contribution in [2.45, 2.75) is 5.22 Å². The number of anilines is 1. The second-order valence-corrected chi connectivity index (χ2v) is 6.77. The van der Waals surface area contributed by atoms with Gasteiger partial charge in [0, 0.05) is 16.3 Å². The van der Waals surface area contributed by atoms with Crippen molar-refractivity contribution in [1.29, 1.82) is 0 Å². The van der Waals surface area contributed by atoms with Gasteiger partial charge in [-0.05, 0) is 36.4 Å². The number of halogens is 2. The first-order valence-electron chi connectivity index (χ1n) is 7.86. The molecule has 0 unspecified atom stereocenters. The molecule has 3 rings (SSSR count). The summed E-state index contributed by atoms with van der Waals surface area (Å²) in [5.41, 5.74) is 0.659. The highest BCUT2D eigenvalue weighted by molar-refractivity contribution is 7.99. The minimum atomic E-state index is -0.831. The molecule has 0 saturated carbocycles. The summed E-state index contributed by atoms with van der Waals surface area (Å²) in [6.07, 6.45) is 0. The minimum Gasteiger partial charge on any atom is -0.465 e. The van der Waals surface area contributed by atoms with E-state index in [0.29, 0.717) is 10.6 Å². The Hall–Kier alpha value is -2.91. The monoisotopic (exact) mass is 421 g/mol. The highest BCUT2D eigenvalue weighted by Gasteiger charge is 2.15.